The van der Waals surface area contributed by atoms with Gasteiger partial charge in [-0.25, -0.2) is 4.79 Å². The zero-order valence-electron chi connectivity index (χ0n) is 29.1. The summed E-state index contributed by atoms with van der Waals surface area (Å²) in [5.74, 6) is 0.821. The van der Waals surface area contributed by atoms with Crippen LogP contribution in [0.3, 0.4) is 0 Å². The highest BCUT2D eigenvalue weighted by molar-refractivity contribution is 5.85. The third kappa shape index (κ3) is 5.74. The van der Waals surface area contributed by atoms with Crippen LogP contribution in [0.5, 0.6) is 0 Å². The molecule has 6 fully saturated rings. The maximum Gasteiger partial charge on any atom is 0.331 e. The molecule has 0 radical (unpaired) electrons. The smallest absolute Gasteiger partial charge is 0.331 e. The van der Waals surface area contributed by atoms with Gasteiger partial charge in [0.2, 0.25) is 0 Å². The summed E-state index contributed by atoms with van der Waals surface area (Å²) in [6.45, 7) is 6.10. The molecule has 3 heterocycles. The minimum atomic E-state index is -1.63. The average molecular weight is 697 g/mol. The Balaban J connectivity index is 1.05. The van der Waals surface area contributed by atoms with E-state index in [0.29, 0.717) is 18.4 Å². The van der Waals surface area contributed by atoms with Crippen LogP contribution in [0.15, 0.2) is 11.6 Å². The normalized spacial score (nSPS) is 54.4. The van der Waals surface area contributed by atoms with Crippen molar-refractivity contribution in [1.29, 1.82) is 0 Å². The maximum atomic E-state index is 12.6. The molecule has 0 aromatic rings. The molecule has 278 valence electrons. The van der Waals surface area contributed by atoms with Crippen molar-refractivity contribution in [2.45, 2.75) is 152 Å². The number of carbonyl (C=O) groups is 1. The molecule has 49 heavy (non-hydrogen) atoms. The molecule has 0 aromatic carbocycles. The topological polar surface area (TPSA) is 194 Å². The fourth-order valence-corrected chi connectivity index (χ4v) is 11.5. The Hall–Kier alpha value is -1.23. The lowest BCUT2D eigenvalue weighted by Crippen LogP contribution is -2.65. The van der Waals surface area contributed by atoms with Crippen molar-refractivity contribution in [2.24, 2.45) is 34.5 Å². The van der Waals surface area contributed by atoms with Gasteiger partial charge in [0.05, 0.1) is 24.4 Å². The van der Waals surface area contributed by atoms with Gasteiger partial charge in [0, 0.05) is 18.6 Å². The highest BCUT2D eigenvalue weighted by Gasteiger charge is 2.68. The van der Waals surface area contributed by atoms with E-state index in [1.807, 2.05) is 0 Å². The molecule has 0 amide bonds. The van der Waals surface area contributed by atoms with Gasteiger partial charge in [-0.2, -0.15) is 0 Å². The Morgan fingerprint density at radius 2 is 1.63 bits per heavy atom. The SMILES string of the molecule is CO[C@H]1[C@@H](O)[C@@H](C)O[C@@H](O[C@H]2CC[C@@]3(C)[C@H](CC[C@H]4[C@H]3CC[C@]3(C)[C@H](C5=CC(=O)OC5)CC[C@]43O)C2)[C@@H]1O[C@@H]1O[C@H](CO)[C@@H](O)[C@H](O)[C@H]1O. The molecule has 0 spiro atoms. The Kier molecular flexibility index (Phi) is 9.82. The molecule has 0 unspecified atom stereocenters. The molecule has 0 bridgehead atoms. The lowest BCUT2D eigenvalue weighted by atomic mass is 9.43. The van der Waals surface area contributed by atoms with Gasteiger partial charge in [0.15, 0.2) is 12.6 Å². The maximum absolute atomic E-state index is 12.6. The van der Waals surface area contributed by atoms with E-state index in [1.54, 1.807) is 13.0 Å². The Labute approximate surface area is 287 Å². The monoisotopic (exact) mass is 696 g/mol. The van der Waals surface area contributed by atoms with Crippen molar-refractivity contribution < 1.29 is 63.9 Å². The highest BCUT2D eigenvalue weighted by atomic mass is 16.8. The second-order valence-electron chi connectivity index (χ2n) is 16.5. The lowest BCUT2D eigenvalue weighted by Gasteiger charge is -2.64. The summed E-state index contributed by atoms with van der Waals surface area (Å²) in [6.07, 6.45) is -2.68. The highest BCUT2D eigenvalue weighted by Crippen LogP contribution is 2.70. The number of carbonyl (C=O) groups excluding carboxylic acids is 1. The van der Waals surface area contributed by atoms with Crippen molar-refractivity contribution >= 4 is 5.97 Å². The van der Waals surface area contributed by atoms with Gasteiger partial charge >= 0.3 is 5.97 Å². The Bertz CT molecular complexity index is 1260. The summed E-state index contributed by atoms with van der Waals surface area (Å²) in [6, 6.07) is 0. The van der Waals surface area contributed by atoms with Gasteiger partial charge in [-0.3, -0.25) is 0 Å². The first-order chi connectivity index (χ1) is 23.3. The summed E-state index contributed by atoms with van der Waals surface area (Å²) >= 11 is 0. The van der Waals surface area contributed by atoms with Gasteiger partial charge in [-0.15, -0.1) is 0 Å². The molecule has 2 saturated heterocycles. The van der Waals surface area contributed by atoms with Crippen LogP contribution in [0, 0.1) is 34.5 Å². The number of fused-ring (bicyclic) bond motifs is 5. The first kappa shape index (κ1) is 36.1. The quantitative estimate of drug-likeness (QED) is 0.163. The fraction of sp³-hybridized carbons (Fsp3) is 0.917. The molecular formula is C36H56O13. The van der Waals surface area contributed by atoms with Crippen molar-refractivity contribution in [3.8, 4) is 0 Å². The molecule has 0 aromatic heterocycles. The molecule has 13 nitrogen and oxygen atoms in total. The van der Waals surface area contributed by atoms with Gasteiger partial charge in [0.25, 0.3) is 0 Å². The van der Waals surface area contributed by atoms with Crippen LogP contribution < -0.4 is 0 Å². The summed E-state index contributed by atoms with van der Waals surface area (Å²) in [5.41, 5.74) is -0.00574. The van der Waals surface area contributed by atoms with E-state index < -0.39 is 73.6 Å². The first-order valence-corrected chi connectivity index (χ1v) is 18.3. The molecule has 7 rings (SSSR count). The summed E-state index contributed by atoms with van der Waals surface area (Å²) in [4.78, 5) is 11.9. The van der Waals surface area contributed by atoms with Gasteiger partial charge in [-0.05, 0) is 99.4 Å². The van der Waals surface area contributed by atoms with E-state index in [-0.39, 0.29) is 34.7 Å². The number of aliphatic hydroxyl groups is 6. The van der Waals surface area contributed by atoms with E-state index >= 15 is 0 Å². The standard InChI is InChI=1S/C36H56O13/c1-17-26(39)30(44-4)31(49-32-29(42)28(41)27(40)24(15-37)48-32)33(46-17)47-20-7-10-34(2)19(14-20)5-6-23-22(34)8-11-35(3)21(9-12-36(23,35)43)18-13-25(38)45-16-18/h13,17,19-24,26-33,37,39-43H,5-12,14-16H2,1-4H3/t17-,19-,20+,21+,22-,23+,24-,26+,27-,28+,29-,30+,31-,32+,33+,34+,35-,36+/m1/s1. The molecule has 3 aliphatic heterocycles. The fourth-order valence-electron chi connectivity index (χ4n) is 11.5. The number of methoxy groups -OCH3 is 1. The number of cyclic esters (lactones) is 1. The molecule has 4 aliphatic carbocycles. The number of hydrogen-bond donors (Lipinski definition) is 6. The average Bonchev–Trinajstić information content (AvgIpc) is 3.62. The summed E-state index contributed by atoms with van der Waals surface area (Å²) < 4.78 is 35.5. The second-order valence-corrected chi connectivity index (χ2v) is 16.5. The van der Waals surface area contributed by atoms with E-state index in [4.69, 9.17) is 28.4 Å². The molecule has 6 N–H and O–H groups in total. The number of hydrogen-bond acceptors (Lipinski definition) is 13. The van der Waals surface area contributed by atoms with Crippen LogP contribution in [-0.2, 0) is 33.2 Å². The molecule has 13 heteroatoms. The third-order valence-corrected chi connectivity index (χ3v) is 14.4. The third-order valence-electron chi connectivity index (χ3n) is 14.4. The Morgan fingerprint density at radius 1 is 0.857 bits per heavy atom. The number of ether oxygens (including phenoxy) is 6. The van der Waals surface area contributed by atoms with Crippen LogP contribution in [0.1, 0.15) is 78.6 Å². The van der Waals surface area contributed by atoms with E-state index in [9.17, 15) is 35.4 Å². The van der Waals surface area contributed by atoms with Crippen LogP contribution in [-0.4, -0.2) is 130 Å². The van der Waals surface area contributed by atoms with Gasteiger partial charge in [0.1, 0.15) is 49.3 Å². The van der Waals surface area contributed by atoms with Crippen molar-refractivity contribution in [3.05, 3.63) is 11.6 Å². The van der Waals surface area contributed by atoms with E-state index in [0.717, 1.165) is 63.4 Å². The van der Waals surface area contributed by atoms with E-state index in [1.165, 1.54) is 7.11 Å². The predicted molar refractivity (Wildman–Crippen MR) is 170 cm³/mol. The number of aliphatic hydroxyl groups excluding tert-OH is 5. The summed E-state index contributed by atoms with van der Waals surface area (Å²) in [5, 5.41) is 64.5. The largest absolute Gasteiger partial charge is 0.458 e. The van der Waals surface area contributed by atoms with Crippen LogP contribution in [0.2, 0.25) is 0 Å². The summed E-state index contributed by atoms with van der Waals surface area (Å²) in [7, 11) is 1.44. The molecule has 7 aliphatic rings. The predicted octanol–water partition coefficient (Wildman–Crippen LogP) is 0.934. The van der Waals surface area contributed by atoms with Crippen LogP contribution >= 0.6 is 0 Å². The zero-order chi connectivity index (χ0) is 35.0. The number of esters is 1. The zero-order valence-corrected chi connectivity index (χ0v) is 29.1. The number of rotatable bonds is 7. The van der Waals surface area contributed by atoms with E-state index in [2.05, 4.69) is 13.8 Å². The van der Waals surface area contributed by atoms with Crippen LogP contribution in [0.4, 0.5) is 0 Å². The first-order valence-electron chi connectivity index (χ1n) is 18.3. The van der Waals surface area contributed by atoms with Crippen molar-refractivity contribution in [2.75, 3.05) is 20.3 Å². The second kappa shape index (κ2) is 13.3. The molecular weight excluding hydrogens is 640 g/mol. The van der Waals surface area contributed by atoms with Crippen LogP contribution in [0.25, 0.3) is 0 Å². The minimum absolute atomic E-state index is 0.0296. The molecule has 4 saturated carbocycles. The lowest BCUT2D eigenvalue weighted by molar-refractivity contribution is -0.372. The molecule has 18 atom stereocenters. The van der Waals surface area contributed by atoms with Crippen molar-refractivity contribution in [3.63, 3.8) is 0 Å². The van der Waals surface area contributed by atoms with Gasteiger partial charge in [-0.1, -0.05) is 13.8 Å². The van der Waals surface area contributed by atoms with Crippen molar-refractivity contribution in [1.82, 2.24) is 0 Å². The minimum Gasteiger partial charge on any atom is -0.458 e. The Morgan fingerprint density at radius 3 is 2.33 bits per heavy atom. The van der Waals surface area contributed by atoms with Gasteiger partial charge < -0.3 is 59.1 Å².